The Morgan fingerprint density at radius 3 is 1.97 bits per heavy atom. The monoisotopic (exact) mass is 427 g/mol. The molecule has 0 saturated carbocycles. The molecule has 0 heterocycles. The van der Waals surface area contributed by atoms with Gasteiger partial charge in [0.05, 0.1) is 0 Å². The lowest BCUT2D eigenvalue weighted by atomic mass is 9.98. The lowest BCUT2D eigenvalue weighted by Crippen LogP contribution is -2.47. The summed E-state index contributed by atoms with van der Waals surface area (Å²) in [6.07, 6.45) is -0.992. The van der Waals surface area contributed by atoms with Gasteiger partial charge in [-0.15, -0.1) is 0 Å². The van der Waals surface area contributed by atoms with Crippen LogP contribution in [0.1, 0.15) is 58.1 Å². The molecule has 1 aliphatic carbocycles. The Labute approximate surface area is 182 Å². The zero-order valence-corrected chi connectivity index (χ0v) is 18.7. The van der Waals surface area contributed by atoms with Crippen molar-refractivity contribution in [2.24, 2.45) is 0 Å². The van der Waals surface area contributed by atoms with Crippen molar-refractivity contribution in [1.29, 1.82) is 0 Å². The molecule has 31 heavy (non-hydrogen) atoms. The van der Waals surface area contributed by atoms with Gasteiger partial charge in [0.1, 0.15) is 23.9 Å². The Morgan fingerprint density at radius 2 is 1.48 bits per heavy atom. The van der Waals surface area contributed by atoms with Gasteiger partial charge in [0.2, 0.25) is 0 Å². The smallest absolute Gasteiger partial charge is 0.407 e. The van der Waals surface area contributed by atoms with Crippen molar-refractivity contribution in [3.63, 3.8) is 0 Å². The minimum atomic E-state index is -1.67. The van der Waals surface area contributed by atoms with Gasteiger partial charge in [-0.2, -0.15) is 0 Å². The molecule has 0 spiro atoms. The Balaban J connectivity index is 1.70. The summed E-state index contributed by atoms with van der Waals surface area (Å²) in [6, 6.07) is 14.9. The fraction of sp³-hybridized carbons (Fsp3) is 0.440. The second kappa shape index (κ2) is 8.69. The zero-order chi connectivity index (χ0) is 22.8. The molecule has 2 aromatic rings. The lowest BCUT2D eigenvalue weighted by molar-refractivity contribution is -0.158. The summed E-state index contributed by atoms with van der Waals surface area (Å²) in [7, 11) is 0. The number of halogens is 1. The molecule has 0 bridgehead atoms. The predicted molar refractivity (Wildman–Crippen MR) is 118 cm³/mol. The summed E-state index contributed by atoms with van der Waals surface area (Å²) >= 11 is 0. The van der Waals surface area contributed by atoms with Gasteiger partial charge in [-0.05, 0) is 56.9 Å². The normalized spacial score (nSPS) is 14.4. The van der Waals surface area contributed by atoms with Crippen molar-refractivity contribution in [3.05, 3.63) is 59.7 Å². The molecule has 0 fully saturated rings. The van der Waals surface area contributed by atoms with Gasteiger partial charge >= 0.3 is 12.1 Å². The molecule has 1 atom stereocenters. The predicted octanol–water partition coefficient (Wildman–Crippen LogP) is 5.37. The molecule has 0 unspecified atom stereocenters. The number of alkyl carbamates (subject to hydrolysis) is 1. The van der Waals surface area contributed by atoms with Gasteiger partial charge in [0, 0.05) is 12.3 Å². The molecule has 0 aromatic heterocycles. The van der Waals surface area contributed by atoms with Crippen molar-refractivity contribution in [2.45, 2.75) is 64.3 Å². The number of carbonyl (C=O) groups is 2. The van der Waals surface area contributed by atoms with E-state index in [2.05, 4.69) is 17.4 Å². The minimum Gasteiger partial charge on any atom is -0.458 e. The lowest BCUT2D eigenvalue weighted by Gasteiger charge is -2.27. The van der Waals surface area contributed by atoms with E-state index >= 15 is 0 Å². The summed E-state index contributed by atoms with van der Waals surface area (Å²) in [5, 5.41) is 2.49. The van der Waals surface area contributed by atoms with Crippen LogP contribution in [0.15, 0.2) is 48.5 Å². The molecule has 0 radical (unpaired) electrons. The molecule has 3 rings (SSSR count). The number of benzene rings is 2. The zero-order valence-electron chi connectivity index (χ0n) is 18.7. The van der Waals surface area contributed by atoms with Crippen LogP contribution in [0.5, 0.6) is 0 Å². The summed E-state index contributed by atoms with van der Waals surface area (Å²) in [4.78, 5) is 25.0. The first kappa shape index (κ1) is 22.8. The van der Waals surface area contributed by atoms with Crippen molar-refractivity contribution in [2.75, 3.05) is 6.61 Å². The number of esters is 1. The van der Waals surface area contributed by atoms with E-state index in [1.165, 1.54) is 13.8 Å². The molecule has 1 aliphatic rings. The van der Waals surface area contributed by atoms with Crippen LogP contribution in [-0.4, -0.2) is 36.0 Å². The SMILES string of the molecule is CC(C)(F)C[C@H](NC(=O)OCC1c2ccccc2-c2ccccc21)C(=O)OC(C)(C)C. The van der Waals surface area contributed by atoms with Gasteiger partial charge < -0.3 is 14.8 Å². The fourth-order valence-electron chi connectivity index (χ4n) is 3.83. The maximum Gasteiger partial charge on any atom is 0.407 e. The van der Waals surface area contributed by atoms with Crippen LogP contribution < -0.4 is 5.32 Å². The van der Waals surface area contributed by atoms with Gasteiger partial charge in [0.25, 0.3) is 0 Å². The molecular formula is C25H30FNO4. The first-order valence-electron chi connectivity index (χ1n) is 10.5. The Hall–Kier alpha value is -2.89. The Bertz CT molecular complexity index is 913. The number of alkyl halides is 1. The molecule has 0 aliphatic heterocycles. The first-order valence-corrected chi connectivity index (χ1v) is 10.5. The summed E-state index contributed by atoms with van der Waals surface area (Å²) in [6.45, 7) is 7.97. The maximum absolute atomic E-state index is 14.2. The highest BCUT2D eigenvalue weighted by Gasteiger charge is 2.34. The van der Waals surface area contributed by atoms with Crippen LogP contribution in [0.25, 0.3) is 11.1 Å². The van der Waals surface area contributed by atoms with Crippen molar-refractivity contribution in [3.8, 4) is 11.1 Å². The van der Waals surface area contributed by atoms with Crippen molar-refractivity contribution < 1.29 is 23.5 Å². The summed E-state index contributed by atoms with van der Waals surface area (Å²) in [5.41, 5.74) is 2.00. The van der Waals surface area contributed by atoms with Crippen molar-refractivity contribution in [1.82, 2.24) is 5.32 Å². The van der Waals surface area contributed by atoms with Crippen LogP contribution >= 0.6 is 0 Å². The standard InChI is InChI=1S/C25H30FNO4/c1-24(2,3)31-22(28)21(14-25(4,5)26)27-23(29)30-15-20-18-12-8-6-10-16(18)17-11-7-9-13-19(17)20/h6-13,20-21H,14-15H2,1-5H3,(H,27,29)/t21-/m0/s1. The number of nitrogens with one attached hydrogen (secondary N) is 1. The van der Waals surface area contributed by atoms with Crippen LogP contribution in [-0.2, 0) is 14.3 Å². The number of rotatable bonds is 6. The third kappa shape index (κ3) is 5.84. The summed E-state index contributed by atoms with van der Waals surface area (Å²) in [5.74, 6) is -0.789. The highest BCUT2D eigenvalue weighted by Crippen LogP contribution is 2.44. The molecule has 5 nitrogen and oxygen atoms in total. The van der Waals surface area contributed by atoms with Gasteiger partial charge in [0.15, 0.2) is 0 Å². The molecule has 0 saturated heterocycles. The van der Waals surface area contributed by atoms with Crippen LogP contribution in [0.2, 0.25) is 0 Å². The minimum absolute atomic E-state index is 0.101. The van der Waals surface area contributed by atoms with Gasteiger partial charge in [-0.1, -0.05) is 48.5 Å². The van der Waals surface area contributed by atoms with E-state index in [1.807, 2.05) is 36.4 Å². The van der Waals surface area contributed by atoms with E-state index in [0.29, 0.717) is 0 Å². The average Bonchev–Trinajstić information content (AvgIpc) is 2.97. The number of fused-ring (bicyclic) bond motifs is 3. The van der Waals surface area contributed by atoms with E-state index in [9.17, 15) is 14.0 Å². The maximum atomic E-state index is 14.2. The topological polar surface area (TPSA) is 64.6 Å². The molecular weight excluding hydrogens is 397 g/mol. The average molecular weight is 428 g/mol. The summed E-state index contributed by atoms with van der Waals surface area (Å²) < 4.78 is 25.1. The quantitative estimate of drug-likeness (QED) is 0.629. The molecule has 1 N–H and O–H groups in total. The van der Waals surface area contributed by atoms with Crippen LogP contribution in [0, 0.1) is 0 Å². The van der Waals surface area contributed by atoms with E-state index in [1.54, 1.807) is 20.8 Å². The fourth-order valence-corrected chi connectivity index (χ4v) is 3.83. The van der Waals surface area contributed by atoms with Gasteiger partial charge in [-0.3, -0.25) is 0 Å². The number of hydrogen-bond acceptors (Lipinski definition) is 4. The van der Waals surface area contributed by atoms with Crippen LogP contribution in [0.4, 0.5) is 9.18 Å². The first-order chi connectivity index (χ1) is 14.4. The third-order valence-corrected chi connectivity index (χ3v) is 5.02. The highest BCUT2D eigenvalue weighted by atomic mass is 19.1. The number of amides is 1. The molecule has 2 aromatic carbocycles. The second-order valence-corrected chi connectivity index (χ2v) is 9.48. The molecule has 6 heteroatoms. The van der Waals surface area contributed by atoms with Gasteiger partial charge in [-0.25, -0.2) is 14.0 Å². The van der Waals surface area contributed by atoms with Crippen LogP contribution in [0.3, 0.4) is 0 Å². The molecule has 1 amide bonds. The van der Waals surface area contributed by atoms with E-state index in [0.717, 1.165) is 22.3 Å². The van der Waals surface area contributed by atoms with E-state index in [4.69, 9.17) is 9.47 Å². The Morgan fingerprint density at radius 1 is 0.968 bits per heavy atom. The number of hydrogen-bond donors (Lipinski definition) is 1. The Kier molecular flexibility index (Phi) is 6.39. The van der Waals surface area contributed by atoms with Crippen molar-refractivity contribution >= 4 is 12.1 Å². The number of carbonyl (C=O) groups excluding carboxylic acids is 2. The number of ether oxygens (including phenoxy) is 2. The highest BCUT2D eigenvalue weighted by molar-refractivity contribution is 5.82. The largest absolute Gasteiger partial charge is 0.458 e. The van der Waals surface area contributed by atoms with E-state index in [-0.39, 0.29) is 18.9 Å². The van der Waals surface area contributed by atoms with E-state index < -0.39 is 29.4 Å². The second-order valence-electron chi connectivity index (χ2n) is 9.48. The molecule has 166 valence electrons. The third-order valence-electron chi connectivity index (χ3n) is 5.02.